The molecular formula is C19H23BrO. The van der Waals surface area contributed by atoms with Crippen LogP contribution in [0, 0.1) is 17.3 Å². The molecule has 0 spiro atoms. The van der Waals surface area contributed by atoms with Crippen molar-refractivity contribution in [3.05, 3.63) is 35.9 Å². The van der Waals surface area contributed by atoms with Gasteiger partial charge in [0.15, 0.2) is 0 Å². The molecule has 1 saturated carbocycles. The number of rotatable bonds is 4. The van der Waals surface area contributed by atoms with Crippen LogP contribution in [-0.4, -0.2) is 10.6 Å². The molecule has 0 radical (unpaired) electrons. The largest absolute Gasteiger partial charge is 0.299 e. The van der Waals surface area contributed by atoms with Crippen molar-refractivity contribution in [3.8, 4) is 11.8 Å². The lowest BCUT2D eigenvalue weighted by atomic mass is 9.71. The maximum atomic E-state index is 12.2. The molecule has 2 rings (SSSR count). The first-order chi connectivity index (χ1) is 10.1. The molecule has 1 aliphatic rings. The topological polar surface area (TPSA) is 17.1 Å². The van der Waals surface area contributed by atoms with Gasteiger partial charge in [0, 0.05) is 29.5 Å². The molecule has 21 heavy (non-hydrogen) atoms. The van der Waals surface area contributed by atoms with Crippen LogP contribution < -0.4 is 0 Å². The maximum absolute atomic E-state index is 12.2. The minimum atomic E-state index is -0.181. The van der Waals surface area contributed by atoms with Gasteiger partial charge in [-0.2, -0.15) is 0 Å². The second kappa shape index (κ2) is 7.80. The predicted octanol–water partition coefficient (Wildman–Crippen LogP) is 4.93. The first-order valence-corrected chi connectivity index (χ1v) is 8.71. The molecule has 0 bridgehead atoms. The van der Waals surface area contributed by atoms with Gasteiger partial charge in [0.2, 0.25) is 0 Å². The van der Waals surface area contributed by atoms with Crippen LogP contribution in [-0.2, 0) is 11.2 Å². The van der Waals surface area contributed by atoms with Crippen LogP contribution in [0.25, 0.3) is 0 Å². The van der Waals surface area contributed by atoms with Gasteiger partial charge in [-0.15, -0.1) is 5.92 Å². The monoisotopic (exact) mass is 346 g/mol. The summed E-state index contributed by atoms with van der Waals surface area (Å²) in [6, 6.07) is 10.3. The molecule has 1 fully saturated rings. The Kier molecular flexibility index (Phi) is 6.06. The standard InChI is InChI=1S/C19H23BrO/c1-19(15-9-8-14-18(19)21)17(20)13-7-3-6-12-16-10-4-2-5-11-16/h2,4-5,10-11,17H,7-9,12-15H2,1H3/t17?,19-/m0/s1. The van der Waals surface area contributed by atoms with Crippen LogP contribution in [0.4, 0.5) is 0 Å². The van der Waals surface area contributed by atoms with Gasteiger partial charge in [0.1, 0.15) is 5.78 Å². The van der Waals surface area contributed by atoms with Crippen LogP contribution in [0.3, 0.4) is 0 Å². The lowest BCUT2D eigenvalue weighted by molar-refractivity contribution is -0.130. The van der Waals surface area contributed by atoms with E-state index in [-0.39, 0.29) is 10.2 Å². The van der Waals surface area contributed by atoms with Gasteiger partial charge in [0.05, 0.1) is 0 Å². The van der Waals surface area contributed by atoms with Crippen LogP contribution >= 0.6 is 15.9 Å². The van der Waals surface area contributed by atoms with Gasteiger partial charge in [-0.05, 0) is 24.8 Å². The Labute approximate surface area is 136 Å². The molecule has 0 aromatic heterocycles. The van der Waals surface area contributed by atoms with Crippen LogP contribution in [0.2, 0.25) is 0 Å². The van der Waals surface area contributed by atoms with E-state index in [9.17, 15) is 4.79 Å². The zero-order valence-electron chi connectivity index (χ0n) is 12.7. The summed E-state index contributed by atoms with van der Waals surface area (Å²) >= 11 is 3.74. The Hall–Kier alpha value is -1.07. The zero-order valence-corrected chi connectivity index (χ0v) is 14.3. The van der Waals surface area contributed by atoms with E-state index in [4.69, 9.17) is 0 Å². The molecule has 1 aromatic carbocycles. The van der Waals surface area contributed by atoms with Crippen molar-refractivity contribution < 1.29 is 4.79 Å². The van der Waals surface area contributed by atoms with Crippen molar-refractivity contribution in [1.82, 2.24) is 0 Å². The van der Waals surface area contributed by atoms with E-state index in [2.05, 4.69) is 46.8 Å². The molecule has 1 nitrogen and oxygen atoms in total. The third-order valence-corrected chi connectivity index (χ3v) is 5.93. The third-order valence-electron chi connectivity index (χ3n) is 4.46. The fourth-order valence-electron chi connectivity index (χ4n) is 2.90. The number of benzene rings is 1. The van der Waals surface area contributed by atoms with Crippen molar-refractivity contribution in [2.24, 2.45) is 5.41 Å². The zero-order chi connectivity index (χ0) is 15.1. The van der Waals surface area contributed by atoms with E-state index >= 15 is 0 Å². The smallest absolute Gasteiger partial charge is 0.139 e. The third kappa shape index (κ3) is 4.45. The lowest BCUT2D eigenvalue weighted by Crippen LogP contribution is -2.39. The predicted molar refractivity (Wildman–Crippen MR) is 91.5 cm³/mol. The molecule has 1 aromatic rings. The summed E-state index contributed by atoms with van der Waals surface area (Å²) in [5, 5.41) is 0. The lowest BCUT2D eigenvalue weighted by Gasteiger charge is -2.36. The fraction of sp³-hybridized carbons (Fsp3) is 0.526. The molecule has 112 valence electrons. The first kappa shape index (κ1) is 16.3. The average molecular weight is 347 g/mol. The van der Waals surface area contributed by atoms with E-state index in [0.29, 0.717) is 5.78 Å². The molecule has 0 N–H and O–H groups in total. The Morgan fingerprint density at radius 1 is 1.24 bits per heavy atom. The second-order valence-corrected chi connectivity index (χ2v) is 7.18. The van der Waals surface area contributed by atoms with E-state index < -0.39 is 0 Å². The molecular weight excluding hydrogens is 324 g/mol. The summed E-state index contributed by atoms with van der Waals surface area (Å²) < 4.78 is 0. The van der Waals surface area contributed by atoms with Gasteiger partial charge >= 0.3 is 0 Å². The van der Waals surface area contributed by atoms with E-state index in [0.717, 1.165) is 38.5 Å². The molecule has 0 aliphatic heterocycles. The summed E-state index contributed by atoms with van der Waals surface area (Å²) in [7, 11) is 0. The summed E-state index contributed by atoms with van der Waals surface area (Å²) in [4.78, 5) is 12.4. The summed E-state index contributed by atoms with van der Waals surface area (Å²) in [6.07, 6.45) is 6.60. The minimum Gasteiger partial charge on any atom is -0.299 e. The highest BCUT2D eigenvalue weighted by atomic mass is 79.9. The molecule has 1 unspecified atom stereocenters. The van der Waals surface area contributed by atoms with Crippen LogP contribution in [0.1, 0.15) is 51.0 Å². The molecule has 2 atom stereocenters. The second-order valence-electron chi connectivity index (χ2n) is 6.07. The molecule has 1 aliphatic carbocycles. The van der Waals surface area contributed by atoms with E-state index in [1.54, 1.807) is 0 Å². The Bertz CT molecular complexity index is 525. The van der Waals surface area contributed by atoms with Crippen LogP contribution in [0.15, 0.2) is 30.3 Å². The van der Waals surface area contributed by atoms with Gasteiger partial charge in [-0.25, -0.2) is 0 Å². The van der Waals surface area contributed by atoms with Crippen molar-refractivity contribution in [1.29, 1.82) is 0 Å². The van der Waals surface area contributed by atoms with Gasteiger partial charge in [-0.3, -0.25) is 4.79 Å². The Balaban J connectivity index is 1.79. The van der Waals surface area contributed by atoms with Gasteiger partial charge in [-0.1, -0.05) is 65.5 Å². The average Bonchev–Trinajstić information content (AvgIpc) is 2.51. The number of hydrogen-bond donors (Lipinski definition) is 0. The number of carbonyl (C=O) groups is 1. The number of alkyl halides is 1. The van der Waals surface area contributed by atoms with E-state index in [1.807, 2.05) is 18.2 Å². The number of carbonyl (C=O) groups excluding carboxylic acids is 1. The summed E-state index contributed by atoms with van der Waals surface area (Å²) in [5.74, 6) is 6.90. The SMILES string of the molecule is C[C@@]1(C(Br)CCC#CCc2ccccc2)CCCCC1=O. The maximum Gasteiger partial charge on any atom is 0.139 e. The summed E-state index contributed by atoms with van der Waals surface area (Å²) in [6.45, 7) is 2.12. The Morgan fingerprint density at radius 3 is 2.71 bits per heavy atom. The number of ketones is 1. The Morgan fingerprint density at radius 2 is 2.00 bits per heavy atom. The van der Waals surface area contributed by atoms with Crippen molar-refractivity contribution in [3.63, 3.8) is 0 Å². The number of halogens is 1. The molecule has 2 heteroatoms. The number of hydrogen-bond acceptors (Lipinski definition) is 1. The minimum absolute atomic E-state index is 0.181. The molecule has 0 heterocycles. The molecule has 0 amide bonds. The fourth-order valence-corrected chi connectivity index (χ4v) is 3.61. The quantitative estimate of drug-likeness (QED) is 0.558. The van der Waals surface area contributed by atoms with Gasteiger partial charge < -0.3 is 0 Å². The first-order valence-electron chi connectivity index (χ1n) is 7.80. The van der Waals surface area contributed by atoms with Crippen LogP contribution in [0.5, 0.6) is 0 Å². The highest BCUT2D eigenvalue weighted by Crippen LogP contribution is 2.41. The van der Waals surface area contributed by atoms with E-state index in [1.165, 1.54) is 12.0 Å². The van der Waals surface area contributed by atoms with Gasteiger partial charge in [0.25, 0.3) is 0 Å². The normalized spacial score (nSPS) is 23.2. The van der Waals surface area contributed by atoms with Crippen molar-refractivity contribution in [2.75, 3.05) is 0 Å². The summed E-state index contributed by atoms with van der Waals surface area (Å²) in [5.41, 5.74) is 1.08. The van der Waals surface area contributed by atoms with Crippen molar-refractivity contribution in [2.45, 2.75) is 56.7 Å². The highest BCUT2D eigenvalue weighted by molar-refractivity contribution is 9.09. The highest BCUT2D eigenvalue weighted by Gasteiger charge is 2.40. The molecule has 0 saturated heterocycles. The van der Waals surface area contributed by atoms with Crippen molar-refractivity contribution >= 4 is 21.7 Å². The number of Topliss-reactive ketones (excluding diaryl/α,β-unsaturated/α-hetero) is 1.